The number of hydrogen-bond donors (Lipinski definition) is 1. The molecule has 0 saturated heterocycles. The minimum Gasteiger partial charge on any atom is -0.489 e. The number of carbonyl (C=O) groups is 1. The van der Waals surface area contributed by atoms with E-state index in [4.69, 9.17) is 9.84 Å². The number of aliphatic carboxylic acids is 1. The van der Waals surface area contributed by atoms with E-state index in [1.165, 1.54) is 6.07 Å². The van der Waals surface area contributed by atoms with Gasteiger partial charge in [-0.2, -0.15) is 8.78 Å². The van der Waals surface area contributed by atoms with Crippen molar-refractivity contribution in [1.29, 1.82) is 0 Å². The average Bonchev–Trinajstić information content (AvgIpc) is 3.44. The summed E-state index contributed by atoms with van der Waals surface area (Å²) in [6.07, 6.45) is 5.88. The number of benzene rings is 2. The minimum absolute atomic E-state index is 0.0166. The molecule has 1 saturated carbocycles. The molecule has 0 atom stereocenters. The third kappa shape index (κ3) is 6.09. The van der Waals surface area contributed by atoms with E-state index in [0.29, 0.717) is 18.3 Å². The molecule has 0 unspecified atom stereocenters. The molecule has 0 spiro atoms. The second-order valence-electron chi connectivity index (χ2n) is 6.48. The number of carboxylic acids is 1. The maximum Gasteiger partial charge on any atom is 0.387 e. The second-order valence-corrected chi connectivity index (χ2v) is 6.48. The standard InChI is InChI=1S/C21H20F2O4/c22-21(23)27-18-10-9-15(11-19(18)26-13-17-7-8-17)4-1-14-2-5-16(6-3-14)12-20(24)25/h1-6,9-11,17,21H,7-8,12-13H2,(H,24,25)/b4-1+. The van der Waals surface area contributed by atoms with Gasteiger partial charge in [0.15, 0.2) is 11.5 Å². The van der Waals surface area contributed by atoms with Crippen molar-refractivity contribution in [2.75, 3.05) is 6.61 Å². The molecular weight excluding hydrogens is 354 g/mol. The summed E-state index contributed by atoms with van der Waals surface area (Å²) in [7, 11) is 0. The van der Waals surface area contributed by atoms with Crippen molar-refractivity contribution in [3.8, 4) is 11.5 Å². The molecule has 1 aliphatic rings. The van der Waals surface area contributed by atoms with Crippen LogP contribution >= 0.6 is 0 Å². The van der Waals surface area contributed by atoms with E-state index >= 15 is 0 Å². The van der Waals surface area contributed by atoms with Gasteiger partial charge in [0.05, 0.1) is 13.0 Å². The van der Waals surface area contributed by atoms with Crippen molar-refractivity contribution in [1.82, 2.24) is 0 Å². The Balaban J connectivity index is 1.71. The molecule has 0 heterocycles. The van der Waals surface area contributed by atoms with Crippen molar-refractivity contribution < 1.29 is 28.2 Å². The first-order valence-electron chi connectivity index (χ1n) is 8.70. The van der Waals surface area contributed by atoms with Crippen molar-refractivity contribution in [2.45, 2.75) is 25.9 Å². The summed E-state index contributed by atoms with van der Waals surface area (Å²) >= 11 is 0. The van der Waals surface area contributed by atoms with Gasteiger partial charge in [-0.3, -0.25) is 4.79 Å². The summed E-state index contributed by atoms with van der Waals surface area (Å²) in [6.45, 7) is -2.41. The lowest BCUT2D eigenvalue weighted by Crippen LogP contribution is -2.06. The molecule has 142 valence electrons. The van der Waals surface area contributed by atoms with Crippen molar-refractivity contribution >= 4 is 18.1 Å². The van der Waals surface area contributed by atoms with E-state index in [0.717, 1.165) is 29.5 Å². The fraction of sp³-hybridized carbons (Fsp3) is 0.286. The summed E-state index contributed by atoms with van der Waals surface area (Å²) in [5.74, 6) is -0.0435. The zero-order valence-electron chi connectivity index (χ0n) is 14.6. The zero-order valence-corrected chi connectivity index (χ0v) is 14.6. The number of halogens is 2. The molecule has 3 rings (SSSR count). The summed E-state index contributed by atoms with van der Waals surface area (Å²) in [5.41, 5.74) is 2.42. The smallest absolute Gasteiger partial charge is 0.387 e. The SMILES string of the molecule is O=C(O)Cc1ccc(/C=C/c2ccc(OC(F)F)c(OCC3CC3)c2)cc1. The van der Waals surface area contributed by atoms with E-state index in [-0.39, 0.29) is 12.2 Å². The van der Waals surface area contributed by atoms with Gasteiger partial charge in [0.25, 0.3) is 0 Å². The Hall–Kier alpha value is -2.89. The van der Waals surface area contributed by atoms with Crippen molar-refractivity contribution in [2.24, 2.45) is 5.92 Å². The van der Waals surface area contributed by atoms with E-state index in [1.54, 1.807) is 24.3 Å². The van der Waals surface area contributed by atoms with Crippen LogP contribution in [0.5, 0.6) is 11.5 Å². The van der Waals surface area contributed by atoms with Crippen LogP contribution in [-0.4, -0.2) is 24.3 Å². The van der Waals surface area contributed by atoms with Crippen LogP contribution in [-0.2, 0) is 11.2 Å². The molecule has 27 heavy (non-hydrogen) atoms. The Kier molecular flexibility index (Phi) is 6.06. The number of ether oxygens (including phenoxy) is 2. The number of rotatable bonds is 9. The Morgan fingerprint density at radius 2 is 1.74 bits per heavy atom. The molecule has 1 aliphatic carbocycles. The molecule has 2 aromatic carbocycles. The lowest BCUT2D eigenvalue weighted by Gasteiger charge is -2.12. The van der Waals surface area contributed by atoms with Gasteiger partial charge < -0.3 is 14.6 Å². The maximum atomic E-state index is 12.6. The van der Waals surface area contributed by atoms with Crippen LogP contribution < -0.4 is 9.47 Å². The normalized spacial score (nSPS) is 13.9. The van der Waals surface area contributed by atoms with Crippen LogP contribution in [0, 0.1) is 5.92 Å². The first-order chi connectivity index (χ1) is 13.0. The molecule has 6 heteroatoms. The molecule has 1 fully saturated rings. The van der Waals surface area contributed by atoms with Gasteiger partial charge in [0, 0.05) is 0 Å². The molecule has 2 aromatic rings. The van der Waals surface area contributed by atoms with E-state index in [1.807, 2.05) is 24.3 Å². The molecule has 0 radical (unpaired) electrons. The Labute approximate surface area is 156 Å². The topological polar surface area (TPSA) is 55.8 Å². The lowest BCUT2D eigenvalue weighted by atomic mass is 10.1. The summed E-state index contributed by atoms with van der Waals surface area (Å²) in [4.78, 5) is 10.7. The van der Waals surface area contributed by atoms with Crippen molar-refractivity contribution in [3.63, 3.8) is 0 Å². The average molecular weight is 374 g/mol. The predicted octanol–water partition coefficient (Wildman–Crippen LogP) is 4.87. The number of carboxylic acid groups (broad SMARTS) is 1. The lowest BCUT2D eigenvalue weighted by molar-refractivity contribution is -0.136. The number of hydrogen-bond acceptors (Lipinski definition) is 3. The minimum atomic E-state index is -2.90. The summed E-state index contributed by atoms with van der Waals surface area (Å²) < 4.78 is 35.3. The molecule has 0 aliphatic heterocycles. The van der Waals surface area contributed by atoms with E-state index in [9.17, 15) is 13.6 Å². The van der Waals surface area contributed by atoms with Gasteiger partial charge in [0.2, 0.25) is 0 Å². The van der Waals surface area contributed by atoms with Crippen LogP contribution in [0.3, 0.4) is 0 Å². The van der Waals surface area contributed by atoms with E-state index in [2.05, 4.69) is 4.74 Å². The monoisotopic (exact) mass is 374 g/mol. The molecular formula is C21H20F2O4. The summed E-state index contributed by atoms with van der Waals surface area (Å²) in [6, 6.07) is 12.0. The first-order valence-corrected chi connectivity index (χ1v) is 8.70. The Morgan fingerprint density at radius 1 is 1.07 bits per heavy atom. The highest BCUT2D eigenvalue weighted by Crippen LogP contribution is 2.34. The van der Waals surface area contributed by atoms with Crippen LogP contribution in [0.1, 0.15) is 29.5 Å². The fourth-order valence-corrected chi connectivity index (χ4v) is 2.54. The molecule has 0 amide bonds. The molecule has 0 aromatic heterocycles. The van der Waals surface area contributed by atoms with Gasteiger partial charge in [-0.25, -0.2) is 0 Å². The van der Waals surface area contributed by atoms with Crippen molar-refractivity contribution in [3.05, 3.63) is 59.2 Å². The number of alkyl halides is 2. The first kappa shape index (κ1) is 18.9. The zero-order chi connectivity index (χ0) is 19.2. The van der Waals surface area contributed by atoms with Crippen LogP contribution in [0.25, 0.3) is 12.2 Å². The Bertz CT molecular complexity index is 811. The van der Waals surface area contributed by atoms with Gasteiger partial charge in [0.1, 0.15) is 0 Å². The van der Waals surface area contributed by atoms with Crippen LogP contribution in [0.4, 0.5) is 8.78 Å². The maximum absolute atomic E-state index is 12.6. The summed E-state index contributed by atoms with van der Waals surface area (Å²) in [5, 5.41) is 8.79. The predicted molar refractivity (Wildman–Crippen MR) is 98.0 cm³/mol. The third-order valence-electron chi connectivity index (χ3n) is 4.16. The van der Waals surface area contributed by atoms with Gasteiger partial charge in [-0.1, -0.05) is 42.5 Å². The highest BCUT2D eigenvalue weighted by atomic mass is 19.3. The third-order valence-corrected chi connectivity index (χ3v) is 4.16. The van der Waals surface area contributed by atoms with Crippen LogP contribution in [0.2, 0.25) is 0 Å². The Morgan fingerprint density at radius 3 is 2.37 bits per heavy atom. The van der Waals surface area contributed by atoms with Gasteiger partial charge in [-0.05, 0) is 47.6 Å². The largest absolute Gasteiger partial charge is 0.489 e. The van der Waals surface area contributed by atoms with Gasteiger partial charge >= 0.3 is 12.6 Å². The highest BCUT2D eigenvalue weighted by Gasteiger charge is 2.23. The fourth-order valence-electron chi connectivity index (χ4n) is 2.54. The van der Waals surface area contributed by atoms with Gasteiger partial charge in [-0.15, -0.1) is 0 Å². The van der Waals surface area contributed by atoms with E-state index < -0.39 is 12.6 Å². The second kappa shape index (κ2) is 8.66. The highest BCUT2D eigenvalue weighted by molar-refractivity contribution is 5.72. The molecule has 4 nitrogen and oxygen atoms in total. The molecule has 1 N–H and O–H groups in total. The quantitative estimate of drug-likeness (QED) is 0.636. The molecule has 0 bridgehead atoms. The van der Waals surface area contributed by atoms with Crippen LogP contribution in [0.15, 0.2) is 42.5 Å².